The summed E-state index contributed by atoms with van der Waals surface area (Å²) in [6, 6.07) is 17.9. The zero-order valence-corrected chi connectivity index (χ0v) is 73.0. The van der Waals surface area contributed by atoms with Crippen LogP contribution in [0.25, 0.3) is 11.1 Å². The molecule has 0 aliphatic rings. The summed E-state index contributed by atoms with van der Waals surface area (Å²) in [6.45, 7) is 14.5. The second kappa shape index (κ2) is 83.7. The van der Waals surface area contributed by atoms with Gasteiger partial charge < -0.3 is 10.4 Å². The first-order chi connectivity index (χ1) is 52.0. The van der Waals surface area contributed by atoms with E-state index < -0.39 is 0 Å². The fraction of sp³-hybridized carbons (Fsp3) is 0.822. The average molecular weight is 1500 g/mol. The van der Waals surface area contributed by atoms with Gasteiger partial charge in [-0.15, -0.1) is 4.79 Å². The smallest absolute Gasteiger partial charge is 0.0654 e. The minimum Gasteiger partial charge on any atom is -0.0654 e. The van der Waals surface area contributed by atoms with E-state index >= 15 is 0 Å². The van der Waals surface area contributed by atoms with Gasteiger partial charge in [-0.2, -0.15) is 0 Å². The molecule has 2 aromatic carbocycles. The predicted octanol–water partition coefficient (Wildman–Crippen LogP) is 35.4. The number of rotatable bonds is 79. The molecule has 3 nitrogen and oxygen atoms in total. The average Bonchev–Trinajstić information content (AvgIpc) is 0.802. The number of aryl methyl sites for hydroxylation is 1. The van der Waals surface area contributed by atoms with Gasteiger partial charge in [-0.05, 0) is 79.0 Å². The quantitative estimate of drug-likeness (QED) is 0.0124. The van der Waals surface area contributed by atoms with Crippen molar-refractivity contribution in [3.8, 4) is 11.8 Å². The van der Waals surface area contributed by atoms with Gasteiger partial charge in [0, 0.05) is 25.7 Å². The monoisotopic (exact) mass is 1490 g/mol. The Kier molecular flexibility index (Phi) is 79.8. The molecule has 0 N–H and O–H groups in total. The van der Waals surface area contributed by atoms with Gasteiger partial charge in [0.05, 0.1) is 0 Å². The van der Waals surface area contributed by atoms with Crippen LogP contribution < -0.4 is 4.90 Å². The van der Waals surface area contributed by atoms with Crippen molar-refractivity contribution in [3.63, 3.8) is 0 Å². The molecule has 0 unspecified atom stereocenters. The van der Waals surface area contributed by atoms with Crippen LogP contribution in [0.4, 0.5) is 5.69 Å². The first kappa shape index (κ1) is 100. The summed E-state index contributed by atoms with van der Waals surface area (Å²) in [5.41, 5.74) is 17.6. The molecule has 0 saturated heterocycles. The summed E-state index contributed by atoms with van der Waals surface area (Å²) in [7, 11) is 2.13. The second-order valence-corrected chi connectivity index (χ2v) is 34.2. The van der Waals surface area contributed by atoms with Crippen LogP contribution in [0.3, 0.4) is 0 Å². The van der Waals surface area contributed by atoms with Crippen LogP contribution in [0.15, 0.2) is 59.7 Å². The summed E-state index contributed by atoms with van der Waals surface area (Å²) < 4.78 is 0. The number of benzene rings is 2. The zero-order chi connectivity index (χ0) is 75.6. The Morgan fingerprint density at radius 3 is 0.838 bits per heavy atom. The van der Waals surface area contributed by atoms with Crippen LogP contribution in [0.1, 0.15) is 521 Å². The Labute approximate surface area is 665 Å². The molecule has 2 rings (SSSR count). The Morgan fingerprint density at radius 2 is 0.571 bits per heavy atom. The molecule has 610 valence electrons. The van der Waals surface area contributed by atoms with Crippen LogP contribution in [0.5, 0.6) is 0 Å². The third kappa shape index (κ3) is 66.7. The van der Waals surface area contributed by atoms with E-state index in [1.165, 1.54) is 458 Å². The van der Waals surface area contributed by atoms with Crippen molar-refractivity contribution in [2.24, 2.45) is 0 Å². The van der Waals surface area contributed by atoms with Crippen LogP contribution in [-0.2, 0) is 20.9 Å². The van der Waals surface area contributed by atoms with Gasteiger partial charge in [0.2, 0.25) is 0 Å². The molecular formula is C101H181N3Ni. The normalized spacial score (nSPS) is 11.5. The van der Waals surface area contributed by atoms with Crippen molar-refractivity contribution in [2.75, 3.05) is 18.5 Å². The second-order valence-electron chi connectivity index (χ2n) is 32.7. The summed E-state index contributed by atoms with van der Waals surface area (Å²) in [5.74, 6) is 9.76. The maximum atomic E-state index is 9.73. The van der Waals surface area contributed by atoms with E-state index in [1.807, 2.05) is 0 Å². The van der Waals surface area contributed by atoms with E-state index in [0.717, 1.165) is 61.8 Å². The molecule has 0 bridgehead atoms. The molecule has 4 heteroatoms. The molecule has 105 heavy (non-hydrogen) atoms. The van der Waals surface area contributed by atoms with Crippen molar-refractivity contribution in [3.05, 3.63) is 81.9 Å². The number of allylic oxidation sites excluding steroid dienone is 2. The Balaban J connectivity index is 0.00000105. The molecule has 0 aliphatic carbocycles. The number of anilines is 1. The molecule has 0 aliphatic heterocycles. The molecular weight excluding hydrogens is 1310 g/mol. The fourth-order valence-electron chi connectivity index (χ4n) is 15.3. The Morgan fingerprint density at radius 1 is 0.314 bits per heavy atom. The standard InChI is InChI=1S/C47H71N3.2C27H55.Ni/c1-6-10-13-14-15-16-17-18-19-20-21-22-23-24-25-26-27-28-30-44(40-49-48)46(31-12-8-3)47(42-34-32-41(33-35-42)29-11-7-2)43-36-38-45(39-37-43)50(5)9-4;2*1-3-5-7-9-11-13-15-17-19-21-23-25-27-26-24-22-20-18-16-14-12-10-8-6-4-2;/h32-39H,6-27,29,31H2,1-5H3;2*1,3-27H2,2H3;. The van der Waals surface area contributed by atoms with Crippen molar-refractivity contribution in [1.82, 2.24) is 0 Å². The van der Waals surface area contributed by atoms with Gasteiger partial charge in [-0.25, -0.2) is 0 Å². The predicted molar refractivity (Wildman–Crippen MR) is 472 cm³/mol. The summed E-state index contributed by atoms with van der Waals surface area (Å²) in [5, 5.41) is 2.87. The Hall–Kier alpha value is -2.81. The van der Waals surface area contributed by atoms with Crippen LogP contribution in [0, 0.1) is 11.8 Å². The SMILES string of the molecule is CCCCCCCCCCCCCCCCCCC#CC(=C=[N+]=[N-])C(CCCC)=C(c1ccc(CCCC)cc1)c1ccc(N(C)CC)cc1.CCCCCCCCCCCCCCCCCCCCCCCCCC[CH2][Ni][CH2]CCCCCCCCCCCCCCCCCCCCCCCCCC. The summed E-state index contributed by atoms with van der Waals surface area (Å²) in [4.78, 5) is 5.65. The van der Waals surface area contributed by atoms with Crippen molar-refractivity contribution >= 4 is 17.1 Å². The third-order valence-electron chi connectivity index (χ3n) is 22.7. The number of unbranched alkanes of at least 4 members (excludes halogenated alkanes) is 66. The number of nitrogens with zero attached hydrogens (tertiary/aromatic N) is 3. The number of hydrogen-bond donors (Lipinski definition) is 0. The van der Waals surface area contributed by atoms with E-state index in [2.05, 4.69) is 139 Å². The van der Waals surface area contributed by atoms with Gasteiger partial charge >= 0.3 is 172 Å². The molecule has 0 fully saturated rings. The fourth-order valence-corrected chi connectivity index (χ4v) is 16.6. The minimum absolute atomic E-state index is 0.706. The van der Waals surface area contributed by atoms with Gasteiger partial charge in [0.15, 0.2) is 5.57 Å². The minimum atomic E-state index is 0.706. The van der Waals surface area contributed by atoms with Gasteiger partial charge in [0.1, 0.15) is 0 Å². The van der Waals surface area contributed by atoms with Crippen LogP contribution >= 0.6 is 0 Å². The molecule has 0 atom stereocenters. The van der Waals surface area contributed by atoms with Crippen molar-refractivity contribution in [1.29, 1.82) is 0 Å². The van der Waals surface area contributed by atoms with E-state index in [-0.39, 0.29) is 0 Å². The first-order valence-corrected chi connectivity index (χ1v) is 49.0. The van der Waals surface area contributed by atoms with Crippen molar-refractivity contribution in [2.45, 2.75) is 521 Å². The van der Waals surface area contributed by atoms with E-state index in [0.29, 0.717) is 5.57 Å². The zero-order valence-electron chi connectivity index (χ0n) is 72.0. The Bertz CT molecular complexity index is 2200. The molecule has 2 aromatic rings. The third-order valence-corrected chi connectivity index (χ3v) is 24.1. The van der Waals surface area contributed by atoms with Crippen LogP contribution in [0.2, 0.25) is 10.8 Å². The van der Waals surface area contributed by atoms with Gasteiger partial charge in [-0.3, -0.25) is 0 Å². The number of hydrogen-bond acceptors (Lipinski definition) is 1. The molecule has 0 heterocycles. The summed E-state index contributed by atoms with van der Waals surface area (Å²) in [6.07, 6.45) is 103. The van der Waals surface area contributed by atoms with Gasteiger partial charge in [-0.1, -0.05) is 372 Å². The van der Waals surface area contributed by atoms with Crippen LogP contribution in [-0.4, -0.2) is 24.3 Å². The molecule has 0 amide bonds. The first-order valence-electron chi connectivity index (χ1n) is 47.6. The molecule has 0 saturated carbocycles. The topological polar surface area (TPSA) is 39.6 Å². The molecule has 0 aromatic heterocycles. The molecule has 0 radical (unpaired) electrons. The van der Waals surface area contributed by atoms with E-state index in [4.69, 9.17) is 0 Å². The van der Waals surface area contributed by atoms with Crippen molar-refractivity contribution < 1.29 is 19.2 Å². The van der Waals surface area contributed by atoms with E-state index in [9.17, 15) is 5.53 Å². The van der Waals surface area contributed by atoms with Gasteiger partial charge in [0.25, 0.3) is 0 Å². The van der Waals surface area contributed by atoms with E-state index in [1.54, 1.807) is 0 Å². The summed E-state index contributed by atoms with van der Waals surface area (Å²) >= 11 is 2.05. The molecule has 0 spiro atoms. The maximum absolute atomic E-state index is 9.73.